The lowest BCUT2D eigenvalue weighted by Crippen LogP contribution is -2.37. The number of carbonyl (C=O) groups excluding carboxylic acids is 2. The van der Waals surface area contributed by atoms with Gasteiger partial charge in [0.1, 0.15) is 0 Å². The highest BCUT2D eigenvalue weighted by Crippen LogP contribution is 2.38. The van der Waals surface area contributed by atoms with Gasteiger partial charge in [0.15, 0.2) is 0 Å². The lowest BCUT2D eigenvalue weighted by molar-refractivity contribution is -0.124. The van der Waals surface area contributed by atoms with Crippen molar-refractivity contribution < 1.29 is 9.59 Å². The van der Waals surface area contributed by atoms with E-state index in [2.05, 4.69) is 22.9 Å². The number of hydrogen-bond acceptors (Lipinski definition) is 4. The van der Waals surface area contributed by atoms with Crippen LogP contribution in [0.3, 0.4) is 0 Å². The van der Waals surface area contributed by atoms with E-state index in [0.717, 1.165) is 24.4 Å². The van der Waals surface area contributed by atoms with E-state index in [-0.39, 0.29) is 30.6 Å². The number of anilines is 1. The molecule has 5 nitrogen and oxygen atoms in total. The maximum absolute atomic E-state index is 12.1. The molecule has 1 unspecified atom stereocenters. The second-order valence-electron chi connectivity index (χ2n) is 5.04. The van der Waals surface area contributed by atoms with Gasteiger partial charge in [-0.05, 0) is 31.2 Å². The van der Waals surface area contributed by atoms with Crippen LogP contribution in [0.5, 0.6) is 0 Å². The Morgan fingerprint density at radius 2 is 2.13 bits per heavy atom. The Hall–Kier alpha value is -0.950. The SMILES string of the molecule is CCCNCCNC(=O)CC1Sc2ccc(Cl)cc2NC1=O.Cl. The van der Waals surface area contributed by atoms with Gasteiger partial charge < -0.3 is 16.0 Å². The van der Waals surface area contributed by atoms with Crippen LogP contribution in [0.2, 0.25) is 5.02 Å². The van der Waals surface area contributed by atoms with Gasteiger partial charge in [0.2, 0.25) is 11.8 Å². The predicted molar refractivity (Wildman–Crippen MR) is 97.8 cm³/mol. The molecule has 0 saturated heterocycles. The second-order valence-corrected chi connectivity index (χ2v) is 6.72. The summed E-state index contributed by atoms with van der Waals surface area (Å²) in [5.74, 6) is -0.262. The Balaban J connectivity index is 0.00000264. The molecule has 1 heterocycles. The summed E-state index contributed by atoms with van der Waals surface area (Å²) in [6.45, 7) is 4.35. The summed E-state index contributed by atoms with van der Waals surface area (Å²) in [5, 5.41) is 9.01. The second kappa shape index (κ2) is 10.0. The van der Waals surface area contributed by atoms with Crippen molar-refractivity contribution >= 4 is 53.3 Å². The van der Waals surface area contributed by atoms with Crippen LogP contribution in [-0.2, 0) is 9.59 Å². The van der Waals surface area contributed by atoms with Gasteiger partial charge in [0.25, 0.3) is 0 Å². The number of amides is 2. The van der Waals surface area contributed by atoms with Crippen molar-refractivity contribution in [3.8, 4) is 0 Å². The van der Waals surface area contributed by atoms with Crippen LogP contribution in [0.25, 0.3) is 0 Å². The van der Waals surface area contributed by atoms with Crippen LogP contribution in [-0.4, -0.2) is 36.7 Å². The van der Waals surface area contributed by atoms with Gasteiger partial charge in [-0.2, -0.15) is 0 Å². The molecule has 0 aromatic heterocycles. The number of thioether (sulfide) groups is 1. The lowest BCUT2D eigenvalue weighted by Gasteiger charge is -2.23. The van der Waals surface area contributed by atoms with Gasteiger partial charge in [-0.15, -0.1) is 24.2 Å². The highest BCUT2D eigenvalue weighted by atomic mass is 35.5. The largest absolute Gasteiger partial charge is 0.355 e. The van der Waals surface area contributed by atoms with E-state index >= 15 is 0 Å². The van der Waals surface area contributed by atoms with Gasteiger partial charge >= 0.3 is 0 Å². The van der Waals surface area contributed by atoms with Crippen molar-refractivity contribution in [3.05, 3.63) is 23.2 Å². The molecule has 1 aliphatic rings. The molecule has 8 heteroatoms. The smallest absolute Gasteiger partial charge is 0.238 e. The summed E-state index contributed by atoms with van der Waals surface area (Å²) in [7, 11) is 0. The van der Waals surface area contributed by atoms with Crippen molar-refractivity contribution in [2.45, 2.75) is 29.9 Å². The van der Waals surface area contributed by atoms with Crippen molar-refractivity contribution in [3.63, 3.8) is 0 Å². The summed E-state index contributed by atoms with van der Waals surface area (Å²) in [6.07, 6.45) is 1.24. The Morgan fingerprint density at radius 1 is 1.35 bits per heavy atom. The first kappa shape index (κ1) is 20.1. The number of carbonyl (C=O) groups is 2. The third kappa shape index (κ3) is 6.22. The Bertz CT molecular complexity index is 558. The van der Waals surface area contributed by atoms with E-state index < -0.39 is 5.25 Å². The Morgan fingerprint density at radius 3 is 2.87 bits per heavy atom. The number of fused-ring (bicyclic) bond motifs is 1. The number of nitrogens with one attached hydrogen (secondary N) is 3. The van der Waals surface area contributed by atoms with Gasteiger partial charge in [-0.25, -0.2) is 0 Å². The Labute approximate surface area is 151 Å². The molecule has 128 valence electrons. The number of hydrogen-bond donors (Lipinski definition) is 3. The van der Waals surface area contributed by atoms with Crippen molar-refractivity contribution in [1.82, 2.24) is 10.6 Å². The first-order valence-electron chi connectivity index (χ1n) is 7.34. The topological polar surface area (TPSA) is 70.2 Å². The average molecular weight is 378 g/mol. The number of benzene rings is 1. The van der Waals surface area contributed by atoms with Crippen molar-refractivity contribution in [2.24, 2.45) is 0 Å². The molecular formula is C15H21Cl2N3O2S. The van der Waals surface area contributed by atoms with Crippen LogP contribution in [0.15, 0.2) is 23.1 Å². The third-order valence-electron chi connectivity index (χ3n) is 3.18. The molecule has 1 aromatic rings. The molecule has 1 atom stereocenters. The maximum Gasteiger partial charge on any atom is 0.238 e. The maximum atomic E-state index is 12.1. The first-order valence-corrected chi connectivity index (χ1v) is 8.60. The first-order chi connectivity index (χ1) is 10.6. The third-order valence-corrected chi connectivity index (χ3v) is 4.69. The van der Waals surface area contributed by atoms with Gasteiger partial charge in [0.05, 0.1) is 10.9 Å². The van der Waals surface area contributed by atoms with Crippen molar-refractivity contribution in [2.75, 3.05) is 25.0 Å². The summed E-state index contributed by atoms with van der Waals surface area (Å²) < 4.78 is 0. The summed E-state index contributed by atoms with van der Waals surface area (Å²) in [6, 6.07) is 5.36. The molecule has 1 aliphatic heterocycles. The molecule has 2 rings (SSSR count). The van der Waals surface area contributed by atoms with Gasteiger partial charge in [-0.3, -0.25) is 9.59 Å². The minimum Gasteiger partial charge on any atom is -0.355 e. The fourth-order valence-corrected chi connectivity index (χ4v) is 3.35. The molecular weight excluding hydrogens is 357 g/mol. The van der Waals surface area contributed by atoms with Crippen LogP contribution in [0, 0.1) is 0 Å². The molecule has 0 radical (unpaired) electrons. The number of halogens is 2. The molecule has 1 aromatic carbocycles. The molecule has 0 spiro atoms. The monoisotopic (exact) mass is 377 g/mol. The fraction of sp³-hybridized carbons (Fsp3) is 0.467. The predicted octanol–water partition coefficient (Wildman–Crippen LogP) is 2.68. The zero-order valence-corrected chi connectivity index (χ0v) is 15.2. The quantitative estimate of drug-likeness (QED) is 0.638. The molecule has 0 bridgehead atoms. The van der Waals surface area contributed by atoms with Gasteiger partial charge in [0, 0.05) is 29.4 Å². The molecule has 23 heavy (non-hydrogen) atoms. The molecule has 2 amide bonds. The zero-order chi connectivity index (χ0) is 15.9. The minimum absolute atomic E-state index is 0. The molecule has 0 aliphatic carbocycles. The zero-order valence-electron chi connectivity index (χ0n) is 12.9. The normalized spacial score (nSPS) is 16.1. The van der Waals surface area contributed by atoms with E-state index in [1.807, 2.05) is 6.07 Å². The van der Waals surface area contributed by atoms with Crippen LogP contribution < -0.4 is 16.0 Å². The molecule has 0 saturated carbocycles. The number of rotatable bonds is 7. The van der Waals surface area contributed by atoms with E-state index in [0.29, 0.717) is 17.3 Å². The lowest BCUT2D eigenvalue weighted by atomic mass is 10.2. The van der Waals surface area contributed by atoms with E-state index in [1.165, 1.54) is 11.8 Å². The summed E-state index contributed by atoms with van der Waals surface area (Å²) in [4.78, 5) is 24.9. The summed E-state index contributed by atoms with van der Waals surface area (Å²) >= 11 is 7.31. The van der Waals surface area contributed by atoms with Crippen molar-refractivity contribution in [1.29, 1.82) is 0 Å². The van der Waals surface area contributed by atoms with E-state index in [9.17, 15) is 9.59 Å². The highest BCUT2D eigenvalue weighted by molar-refractivity contribution is 8.01. The fourth-order valence-electron chi connectivity index (χ4n) is 2.09. The van der Waals surface area contributed by atoms with Crippen LogP contribution in [0.4, 0.5) is 5.69 Å². The highest BCUT2D eigenvalue weighted by Gasteiger charge is 2.28. The summed E-state index contributed by atoms with van der Waals surface area (Å²) in [5.41, 5.74) is 0.711. The standard InChI is InChI=1S/C15H20ClN3O2S.ClH/c1-2-5-17-6-7-18-14(20)9-13-15(21)19-11-8-10(16)3-4-12(11)22-13;/h3-4,8,13,17H,2,5-7,9H2,1H3,(H,18,20)(H,19,21);1H. The van der Waals surface area contributed by atoms with Crippen LogP contribution >= 0.6 is 35.8 Å². The Kier molecular flexibility index (Phi) is 8.76. The molecule has 0 fully saturated rings. The molecule has 3 N–H and O–H groups in total. The van der Waals surface area contributed by atoms with E-state index in [1.54, 1.807) is 12.1 Å². The van der Waals surface area contributed by atoms with E-state index in [4.69, 9.17) is 11.6 Å². The van der Waals surface area contributed by atoms with Crippen LogP contribution in [0.1, 0.15) is 19.8 Å². The average Bonchev–Trinajstić information content (AvgIpc) is 2.48. The van der Waals surface area contributed by atoms with Gasteiger partial charge in [-0.1, -0.05) is 18.5 Å². The minimum atomic E-state index is -0.405.